The van der Waals surface area contributed by atoms with Crippen molar-refractivity contribution in [2.75, 3.05) is 5.32 Å². The fourth-order valence-corrected chi connectivity index (χ4v) is 3.89. The molecule has 1 amide bonds. The van der Waals surface area contributed by atoms with Gasteiger partial charge in [0, 0.05) is 29.6 Å². The summed E-state index contributed by atoms with van der Waals surface area (Å²) in [6, 6.07) is 14.2. The lowest BCUT2D eigenvalue weighted by molar-refractivity contribution is 0.0910. The Morgan fingerprint density at radius 1 is 1.00 bits per heavy atom. The predicted octanol–water partition coefficient (Wildman–Crippen LogP) is 4.38. The first-order valence-corrected chi connectivity index (χ1v) is 9.69. The fourth-order valence-electron chi connectivity index (χ4n) is 3.89. The number of Topliss-reactive ketones (excluding diaryl/α,β-unsaturated/α-hetero) is 1. The van der Waals surface area contributed by atoms with Crippen LogP contribution in [0.1, 0.15) is 46.5 Å². The van der Waals surface area contributed by atoms with Crippen molar-refractivity contribution in [3.8, 4) is 5.69 Å². The molecule has 0 atom stereocenters. The highest BCUT2D eigenvalue weighted by Crippen LogP contribution is 2.36. The number of fused-ring (bicyclic) bond motifs is 1. The van der Waals surface area contributed by atoms with Gasteiger partial charge in [0.05, 0.1) is 0 Å². The maximum atomic E-state index is 13.4. The maximum absolute atomic E-state index is 13.4. The van der Waals surface area contributed by atoms with E-state index in [0.717, 1.165) is 0 Å². The summed E-state index contributed by atoms with van der Waals surface area (Å²) in [4.78, 5) is 39.4. The van der Waals surface area contributed by atoms with Crippen LogP contribution < -0.4 is 10.9 Å². The van der Waals surface area contributed by atoms with Crippen molar-refractivity contribution < 1.29 is 14.0 Å². The topological polar surface area (TPSA) is 68.2 Å². The Kier molecular flexibility index (Phi) is 4.86. The number of aromatic nitrogens is 1. The quantitative estimate of drug-likeness (QED) is 0.704. The number of hydrogen-bond donors (Lipinski definition) is 1. The summed E-state index contributed by atoms with van der Waals surface area (Å²) in [5, 5.41) is 2.76. The van der Waals surface area contributed by atoms with Crippen molar-refractivity contribution >= 4 is 17.4 Å². The van der Waals surface area contributed by atoms with E-state index >= 15 is 0 Å². The Labute approximate surface area is 173 Å². The van der Waals surface area contributed by atoms with Crippen LogP contribution in [0, 0.1) is 11.2 Å². The van der Waals surface area contributed by atoms with Crippen LogP contribution in [-0.2, 0) is 6.42 Å². The second-order valence-electron chi connectivity index (χ2n) is 8.31. The zero-order chi connectivity index (χ0) is 21.5. The number of hydrogen-bond acceptors (Lipinski definition) is 3. The summed E-state index contributed by atoms with van der Waals surface area (Å²) in [5.41, 5.74) is 0.802. The summed E-state index contributed by atoms with van der Waals surface area (Å²) in [5.74, 6) is -1.13. The molecule has 0 bridgehead atoms. The SMILES string of the molecule is CC1(C)CC(=O)c2cn(-c3ccc(F)cc3)c(=O)c(C(=O)Nc3ccccc3)c2C1. The average molecular weight is 404 g/mol. The van der Waals surface area contributed by atoms with Crippen molar-refractivity contribution in [1.82, 2.24) is 4.57 Å². The van der Waals surface area contributed by atoms with Crippen LogP contribution >= 0.6 is 0 Å². The van der Waals surface area contributed by atoms with E-state index in [1.54, 1.807) is 24.3 Å². The van der Waals surface area contributed by atoms with Crippen molar-refractivity contribution in [3.63, 3.8) is 0 Å². The molecule has 4 rings (SSSR count). The highest BCUT2D eigenvalue weighted by atomic mass is 19.1. The van der Waals surface area contributed by atoms with E-state index in [1.807, 2.05) is 19.9 Å². The first kappa shape index (κ1) is 19.8. The van der Waals surface area contributed by atoms with E-state index in [1.165, 1.54) is 35.0 Å². The molecule has 1 aliphatic rings. The van der Waals surface area contributed by atoms with Crippen molar-refractivity contribution in [2.24, 2.45) is 5.41 Å². The molecule has 0 radical (unpaired) electrons. The van der Waals surface area contributed by atoms with E-state index in [-0.39, 0.29) is 16.8 Å². The van der Waals surface area contributed by atoms with Crippen LogP contribution in [0.2, 0.25) is 0 Å². The van der Waals surface area contributed by atoms with E-state index < -0.39 is 17.3 Å². The van der Waals surface area contributed by atoms with Crippen molar-refractivity contribution in [2.45, 2.75) is 26.7 Å². The molecule has 0 saturated heterocycles. The Morgan fingerprint density at radius 3 is 2.33 bits per heavy atom. The third kappa shape index (κ3) is 3.68. The van der Waals surface area contributed by atoms with Gasteiger partial charge in [-0.25, -0.2) is 4.39 Å². The van der Waals surface area contributed by atoms with Gasteiger partial charge in [-0.2, -0.15) is 0 Å². The normalized spacial score (nSPS) is 14.8. The molecular weight excluding hydrogens is 383 g/mol. The van der Waals surface area contributed by atoms with Crippen molar-refractivity contribution in [3.05, 3.63) is 93.7 Å². The number of carbonyl (C=O) groups is 2. The minimum Gasteiger partial charge on any atom is -0.322 e. The first-order valence-electron chi connectivity index (χ1n) is 9.69. The molecule has 5 nitrogen and oxygen atoms in total. The molecule has 0 unspecified atom stereocenters. The Bertz CT molecular complexity index is 1200. The summed E-state index contributed by atoms with van der Waals surface area (Å²) in [6.45, 7) is 3.89. The maximum Gasteiger partial charge on any atom is 0.268 e. The van der Waals surface area contributed by atoms with Gasteiger partial charge in [-0.3, -0.25) is 19.0 Å². The second-order valence-corrected chi connectivity index (χ2v) is 8.31. The Morgan fingerprint density at radius 2 is 1.67 bits per heavy atom. The fraction of sp³-hybridized carbons (Fsp3) is 0.208. The molecule has 3 aromatic rings. The van der Waals surface area contributed by atoms with Gasteiger partial charge in [-0.05, 0) is 53.8 Å². The lowest BCUT2D eigenvalue weighted by atomic mass is 9.73. The summed E-state index contributed by atoms with van der Waals surface area (Å²) in [7, 11) is 0. The van der Waals surface area contributed by atoms with Crippen molar-refractivity contribution in [1.29, 1.82) is 0 Å². The van der Waals surface area contributed by atoms with Gasteiger partial charge in [-0.15, -0.1) is 0 Å². The number of carbonyl (C=O) groups excluding carboxylic acids is 2. The van der Waals surface area contributed by atoms with E-state index in [9.17, 15) is 18.8 Å². The minimum atomic E-state index is -0.565. The molecule has 1 aromatic heterocycles. The number of nitrogens with one attached hydrogen (secondary N) is 1. The van der Waals surface area contributed by atoms with Gasteiger partial charge in [0.15, 0.2) is 5.78 Å². The van der Waals surface area contributed by atoms with E-state index in [0.29, 0.717) is 35.3 Å². The molecule has 2 aromatic carbocycles. The lowest BCUT2D eigenvalue weighted by Gasteiger charge is -2.31. The van der Waals surface area contributed by atoms with Crippen LogP contribution in [0.15, 0.2) is 65.6 Å². The molecular formula is C24H21FN2O3. The minimum absolute atomic E-state index is 0.0539. The van der Waals surface area contributed by atoms with Crippen LogP contribution in [-0.4, -0.2) is 16.3 Å². The number of halogens is 1. The number of nitrogens with zero attached hydrogens (tertiary/aromatic N) is 1. The predicted molar refractivity (Wildman–Crippen MR) is 113 cm³/mol. The van der Waals surface area contributed by atoms with Crippen LogP contribution in [0.4, 0.5) is 10.1 Å². The highest BCUT2D eigenvalue weighted by molar-refractivity contribution is 6.08. The third-order valence-corrected chi connectivity index (χ3v) is 5.28. The van der Waals surface area contributed by atoms with Gasteiger partial charge < -0.3 is 5.32 Å². The van der Waals surface area contributed by atoms with Crippen LogP contribution in [0.3, 0.4) is 0 Å². The molecule has 0 spiro atoms. The van der Waals surface area contributed by atoms with Gasteiger partial charge >= 0.3 is 0 Å². The van der Waals surface area contributed by atoms with Gasteiger partial charge in [0.25, 0.3) is 11.5 Å². The molecule has 1 aliphatic carbocycles. The Hall–Kier alpha value is -3.54. The number of ketones is 1. The van der Waals surface area contributed by atoms with Gasteiger partial charge in [0.2, 0.25) is 0 Å². The third-order valence-electron chi connectivity index (χ3n) is 5.28. The van der Waals surface area contributed by atoms with Crippen LogP contribution in [0.25, 0.3) is 5.69 Å². The average Bonchev–Trinajstić information content (AvgIpc) is 2.68. The second kappa shape index (κ2) is 7.37. The molecule has 0 aliphatic heterocycles. The standard InChI is InChI=1S/C24H21FN2O3/c1-24(2)12-18-19(20(28)13-24)14-27(17-10-8-15(25)9-11-17)23(30)21(18)22(29)26-16-6-4-3-5-7-16/h3-11,14H,12-13H2,1-2H3,(H,26,29). The molecule has 1 heterocycles. The number of amides is 1. The highest BCUT2D eigenvalue weighted by Gasteiger charge is 2.36. The van der Waals surface area contributed by atoms with Gasteiger partial charge in [-0.1, -0.05) is 32.0 Å². The largest absolute Gasteiger partial charge is 0.322 e. The van der Waals surface area contributed by atoms with E-state index in [4.69, 9.17) is 0 Å². The molecule has 152 valence electrons. The zero-order valence-electron chi connectivity index (χ0n) is 16.7. The molecule has 0 saturated carbocycles. The number of para-hydroxylation sites is 1. The summed E-state index contributed by atoms with van der Waals surface area (Å²) >= 11 is 0. The first-order chi connectivity index (χ1) is 14.2. The summed E-state index contributed by atoms with van der Waals surface area (Å²) in [6.07, 6.45) is 2.23. The lowest BCUT2D eigenvalue weighted by Crippen LogP contribution is -2.37. The number of rotatable bonds is 3. The molecule has 1 N–H and O–H groups in total. The van der Waals surface area contributed by atoms with Gasteiger partial charge in [0.1, 0.15) is 11.4 Å². The number of anilines is 1. The molecule has 6 heteroatoms. The number of pyridine rings is 1. The monoisotopic (exact) mass is 404 g/mol. The molecule has 30 heavy (non-hydrogen) atoms. The summed E-state index contributed by atoms with van der Waals surface area (Å²) < 4.78 is 14.6. The van der Waals surface area contributed by atoms with Crippen LogP contribution in [0.5, 0.6) is 0 Å². The number of benzene rings is 2. The van der Waals surface area contributed by atoms with E-state index in [2.05, 4.69) is 5.32 Å². The molecule has 0 fully saturated rings. The Balaban J connectivity index is 1.92. The smallest absolute Gasteiger partial charge is 0.268 e. The zero-order valence-corrected chi connectivity index (χ0v) is 16.7.